The number of carbonyl (C=O) groups excluding carboxylic acids is 1. The van der Waals surface area contributed by atoms with Crippen LogP contribution in [0.15, 0.2) is 0 Å². The summed E-state index contributed by atoms with van der Waals surface area (Å²) in [5, 5.41) is 6.15. The van der Waals surface area contributed by atoms with Crippen LogP contribution in [0, 0.1) is 0 Å². The van der Waals surface area contributed by atoms with Crippen LogP contribution in [0.3, 0.4) is 0 Å². The van der Waals surface area contributed by atoms with E-state index in [1.54, 1.807) is 0 Å². The van der Waals surface area contributed by atoms with Gasteiger partial charge in [-0.3, -0.25) is 9.00 Å². The Morgan fingerprint density at radius 1 is 1.60 bits per heavy atom. The lowest BCUT2D eigenvalue weighted by molar-refractivity contribution is -0.121. The maximum atomic E-state index is 11.2. The molecule has 2 atom stereocenters. The summed E-state index contributed by atoms with van der Waals surface area (Å²) in [6.07, 6.45) is 2.61. The summed E-state index contributed by atoms with van der Waals surface area (Å²) in [7, 11) is -0.707. The van der Waals surface area contributed by atoms with Crippen molar-refractivity contribution in [3.63, 3.8) is 0 Å². The van der Waals surface area contributed by atoms with E-state index in [1.165, 1.54) is 0 Å². The largest absolute Gasteiger partial charge is 0.356 e. The fourth-order valence-electron chi connectivity index (χ4n) is 1.67. The van der Waals surface area contributed by atoms with Crippen LogP contribution in [0.4, 0.5) is 0 Å². The van der Waals surface area contributed by atoms with Gasteiger partial charge in [0, 0.05) is 47.9 Å². The predicted molar refractivity (Wildman–Crippen MR) is 62.2 cm³/mol. The highest BCUT2D eigenvalue weighted by Gasteiger charge is 2.16. The first-order valence-corrected chi connectivity index (χ1v) is 7.06. The van der Waals surface area contributed by atoms with Gasteiger partial charge in [-0.25, -0.2) is 0 Å². The molecule has 2 unspecified atom stereocenters. The standard InChI is InChI=1S/C10H20N2O2S/c1-2-15(14)7-6-11-9-4-3-5-12-10(13)8-9/h9,11H,2-8H2,1H3,(H,12,13). The minimum absolute atomic E-state index is 0.126. The lowest BCUT2D eigenvalue weighted by Crippen LogP contribution is -2.34. The lowest BCUT2D eigenvalue weighted by atomic mass is 10.1. The van der Waals surface area contributed by atoms with Gasteiger partial charge < -0.3 is 10.6 Å². The number of carbonyl (C=O) groups is 1. The highest BCUT2D eigenvalue weighted by molar-refractivity contribution is 7.84. The van der Waals surface area contributed by atoms with Crippen LogP contribution in [0.2, 0.25) is 0 Å². The smallest absolute Gasteiger partial charge is 0.221 e. The molecule has 4 nitrogen and oxygen atoms in total. The topological polar surface area (TPSA) is 58.2 Å². The van der Waals surface area contributed by atoms with Crippen LogP contribution in [0.25, 0.3) is 0 Å². The molecule has 0 radical (unpaired) electrons. The first kappa shape index (κ1) is 12.6. The van der Waals surface area contributed by atoms with E-state index in [9.17, 15) is 9.00 Å². The molecule has 1 aliphatic heterocycles. The second kappa shape index (κ2) is 6.95. The summed E-state index contributed by atoms with van der Waals surface area (Å²) in [5.74, 6) is 1.53. The Morgan fingerprint density at radius 3 is 3.13 bits per heavy atom. The molecule has 0 aromatic carbocycles. The number of hydrogen-bond donors (Lipinski definition) is 2. The van der Waals surface area contributed by atoms with E-state index in [4.69, 9.17) is 0 Å². The van der Waals surface area contributed by atoms with E-state index in [1.807, 2.05) is 6.92 Å². The zero-order chi connectivity index (χ0) is 11.1. The van der Waals surface area contributed by atoms with E-state index >= 15 is 0 Å². The normalized spacial score (nSPS) is 24.3. The van der Waals surface area contributed by atoms with Crippen LogP contribution < -0.4 is 10.6 Å². The summed E-state index contributed by atoms with van der Waals surface area (Å²) < 4.78 is 11.2. The van der Waals surface area contributed by atoms with Crippen LogP contribution in [0.5, 0.6) is 0 Å². The number of nitrogens with one attached hydrogen (secondary N) is 2. The molecule has 88 valence electrons. The van der Waals surface area contributed by atoms with Gasteiger partial charge in [0.1, 0.15) is 0 Å². The number of amides is 1. The third kappa shape index (κ3) is 5.28. The second-order valence-electron chi connectivity index (χ2n) is 3.78. The van der Waals surface area contributed by atoms with Gasteiger partial charge in [0.2, 0.25) is 5.91 Å². The molecule has 0 bridgehead atoms. The van der Waals surface area contributed by atoms with Crippen molar-refractivity contribution in [2.24, 2.45) is 0 Å². The SMILES string of the molecule is CCS(=O)CCNC1CCCNC(=O)C1. The first-order valence-electron chi connectivity index (χ1n) is 5.57. The van der Waals surface area contributed by atoms with Gasteiger partial charge in [0.05, 0.1) is 0 Å². The monoisotopic (exact) mass is 232 g/mol. The molecule has 0 aromatic heterocycles. The van der Waals surface area contributed by atoms with Gasteiger partial charge >= 0.3 is 0 Å². The van der Waals surface area contributed by atoms with E-state index in [-0.39, 0.29) is 11.9 Å². The number of hydrogen-bond acceptors (Lipinski definition) is 3. The van der Waals surface area contributed by atoms with Crippen molar-refractivity contribution < 1.29 is 9.00 Å². The Bertz CT molecular complexity index is 233. The molecule has 1 heterocycles. The Hall–Kier alpha value is -0.420. The fraction of sp³-hybridized carbons (Fsp3) is 0.900. The average Bonchev–Trinajstić information content (AvgIpc) is 2.42. The molecule has 15 heavy (non-hydrogen) atoms. The molecule has 0 saturated carbocycles. The third-order valence-corrected chi connectivity index (χ3v) is 3.87. The van der Waals surface area contributed by atoms with Crippen molar-refractivity contribution in [3.05, 3.63) is 0 Å². The van der Waals surface area contributed by atoms with Crippen molar-refractivity contribution in [1.29, 1.82) is 0 Å². The van der Waals surface area contributed by atoms with Gasteiger partial charge in [0.15, 0.2) is 0 Å². The van der Waals surface area contributed by atoms with E-state index in [0.29, 0.717) is 17.9 Å². The number of rotatable bonds is 5. The third-order valence-electron chi connectivity index (χ3n) is 2.57. The maximum absolute atomic E-state index is 11.2. The second-order valence-corrected chi connectivity index (χ2v) is 5.65. The molecule has 1 fully saturated rings. The maximum Gasteiger partial charge on any atom is 0.221 e. The summed E-state index contributed by atoms with van der Waals surface area (Å²) in [6.45, 7) is 3.46. The molecule has 5 heteroatoms. The van der Waals surface area contributed by atoms with Crippen LogP contribution in [0.1, 0.15) is 26.2 Å². The van der Waals surface area contributed by atoms with E-state index in [2.05, 4.69) is 10.6 Å². The van der Waals surface area contributed by atoms with Crippen molar-refractivity contribution in [3.8, 4) is 0 Å². The fourth-order valence-corrected chi connectivity index (χ4v) is 2.30. The summed E-state index contributed by atoms with van der Waals surface area (Å²) >= 11 is 0. The molecule has 2 N–H and O–H groups in total. The summed E-state index contributed by atoms with van der Waals surface area (Å²) in [6, 6.07) is 0.265. The molecule has 0 aliphatic carbocycles. The minimum Gasteiger partial charge on any atom is -0.356 e. The summed E-state index contributed by atoms with van der Waals surface area (Å²) in [5.41, 5.74) is 0. The highest BCUT2D eigenvalue weighted by atomic mass is 32.2. The van der Waals surface area contributed by atoms with Crippen molar-refractivity contribution >= 4 is 16.7 Å². The van der Waals surface area contributed by atoms with Crippen molar-refractivity contribution in [2.45, 2.75) is 32.2 Å². The molecule has 1 rings (SSSR count). The van der Waals surface area contributed by atoms with Gasteiger partial charge in [-0.1, -0.05) is 6.92 Å². The molecule has 1 amide bonds. The lowest BCUT2D eigenvalue weighted by Gasteiger charge is -2.14. The molecular weight excluding hydrogens is 212 g/mol. The van der Waals surface area contributed by atoms with Crippen molar-refractivity contribution in [2.75, 3.05) is 24.6 Å². The molecular formula is C10H20N2O2S. The predicted octanol–water partition coefficient (Wildman–Crippen LogP) is 0.0133. The molecule has 1 aliphatic rings. The van der Waals surface area contributed by atoms with E-state index in [0.717, 1.165) is 25.9 Å². The first-order chi connectivity index (χ1) is 7.22. The highest BCUT2D eigenvalue weighted by Crippen LogP contribution is 2.05. The van der Waals surface area contributed by atoms with E-state index < -0.39 is 10.8 Å². The Balaban J connectivity index is 2.19. The zero-order valence-electron chi connectivity index (χ0n) is 9.25. The average molecular weight is 232 g/mol. The van der Waals surface area contributed by atoms with Gasteiger partial charge in [-0.15, -0.1) is 0 Å². The van der Waals surface area contributed by atoms with Crippen molar-refractivity contribution in [1.82, 2.24) is 10.6 Å². The van der Waals surface area contributed by atoms with Crippen LogP contribution in [-0.2, 0) is 15.6 Å². The zero-order valence-corrected chi connectivity index (χ0v) is 10.1. The summed E-state index contributed by atoms with van der Waals surface area (Å²) in [4.78, 5) is 11.2. The van der Waals surface area contributed by atoms with Gasteiger partial charge in [-0.2, -0.15) is 0 Å². The Labute approximate surface area is 93.7 Å². The Kier molecular flexibility index (Phi) is 5.86. The molecule has 1 saturated heterocycles. The quantitative estimate of drug-likeness (QED) is 0.702. The van der Waals surface area contributed by atoms with Crippen LogP contribution in [-0.4, -0.2) is 40.8 Å². The van der Waals surface area contributed by atoms with Gasteiger partial charge in [-0.05, 0) is 12.8 Å². The minimum atomic E-state index is -0.707. The molecule has 0 spiro atoms. The van der Waals surface area contributed by atoms with Crippen LogP contribution >= 0.6 is 0 Å². The Morgan fingerprint density at radius 2 is 2.40 bits per heavy atom. The molecule has 0 aromatic rings. The van der Waals surface area contributed by atoms with Gasteiger partial charge in [0.25, 0.3) is 0 Å².